The third kappa shape index (κ3) is 3.72. The van der Waals surface area contributed by atoms with E-state index in [-0.39, 0.29) is 5.91 Å². The molecule has 0 saturated heterocycles. The Balaban J connectivity index is 1.76. The summed E-state index contributed by atoms with van der Waals surface area (Å²) in [6.07, 6.45) is 3.88. The number of aryl methyl sites for hydroxylation is 1. The van der Waals surface area contributed by atoms with Crippen LogP contribution in [0, 0.1) is 0 Å². The van der Waals surface area contributed by atoms with Crippen LogP contribution in [0.2, 0.25) is 0 Å². The normalized spacial score (nSPS) is 13.9. The number of imidazole rings is 1. The fourth-order valence-corrected chi connectivity index (χ4v) is 2.42. The fraction of sp³-hybridized carbons (Fsp3) is 0.714. The molecule has 2 N–H and O–H groups in total. The number of hydrogen-bond acceptors (Lipinski definition) is 4. The number of hydrogen-bond donors (Lipinski definition) is 2. The van der Waals surface area contributed by atoms with Crippen molar-refractivity contribution in [1.82, 2.24) is 19.8 Å². The molecule has 0 aromatic carbocycles. The molecule has 0 spiro atoms. The molecule has 1 aliphatic rings. The maximum absolute atomic E-state index is 12.0. The predicted octanol–water partition coefficient (Wildman–Crippen LogP) is 1.16. The molecule has 2 rings (SSSR count). The van der Waals surface area contributed by atoms with E-state index in [0.29, 0.717) is 12.2 Å². The highest BCUT2D eigenvalue weighted by Crippen LogP contribution is 2.13. The van der Waals surface area contributed by atoms with Gasteiger partial charge in [-0.05, 0) is 32.5 Å². The minimum atomic E-state index is -0.0757. The Labute approximate surface area is 120 Å². The molecule has 6 heteroatoms. The number of nitrogens with one attached hydrogen (secondary N) is 2. The molecule has 0 atom stereocenters. The maximum Gasteiger partial charge on any atom is 0.271 e. The van der Waals surface area contributed by atoms with E-state index in [9.17, 15) is 4.79 Å². The summed E-state index contributed by atoms with van der Waals surface area (Å²) in [5.41, 5.74) is 0.511. The second-order valence-corrected chi connectivity index (χ2v) is 5.06. The van der Waals surface area contributed by atoms with Crippen LogP contribution in [0.4, 0.5) is 5.95 Å². The molecule has 0 saturated carbocycles. The minimum absolute atomic E-state index is 0.0757. The first-order valence-electron chi connectivity index (χ1n) is 7.56. The van der Waals surface area contributed by atoms with Crippen LogP contribution in [0.5, 0.6) is 0 Å². The van der Waals surface area contributed by atoms with Gasteiger partial charge in [-0.2, -0.15) is 0 Å². The van der Waals surface area contributed by atoms with E-state index in [1.54, 1.807) is 0 Å². The summed E-state index contributed by atoms with van der Waals surface area (Å²) in [7, 11) is 0. The second kappa shape index (κ2) is 7.28. The first-order valence-corrected chi connectivity index (χ1v) is 7.56. The Hall–Kier alpha value is -1.56. The van der Waals surface area contributed by atoms with Gasteiger partial charge in [0, 0.05) is 25.8 Å². The Kier molecular flexibility index (Phi) is 5.40. The molecule has 20 heavy (non-hydrogen) atoms. The molecule has 0 unspecified atom stereocenters. The zero-order valence-corrected chi connectivity index (χ0v) is 12.5. The maximum atomic E-state index is 12.0. The van der Waals surface area contributed by atoms with Crippen LogP contribution >= 0.6 is 0 Å². The molecule has 6 nitrogen and oxygen atoms in total. The van der Waals surface area contributed by atoms with E-state index in [2.05, 4.69) is 34.4 Å². The molecular weight excluding hydrogens is 254 g/mol. The van der Waals surface area contributed by atoms with Crippen molar-refractivity contribution in [2.24, 2.45) is 0 Å². The topological polar surface area (TPSA) is 62.2 Å². The molecule has 1 amide bonds. The number of amides is 1. The standard InChI is InChI=1S/C14H25N5O/c1-3-18(4-2)9-5-7-15-13(20)12-11-19-10-6-8-16-14(19)17-12/h11H,3-10H2,1-2H3,(H,15,20)(H,16,17). The zero-order chi connectivity index (χ0) is 14.4. The van der Waals surface area contributed by atoms with Crippen molar-refractivity contribution in [2.75, 3.05) is 38.0 Å². The zero-order valence-electron chi connectivity index (χ0n) is 12.5. The average molecular weight is 279 g/mol. The Morgan fingerprint density at radius 3 is 3.00 bits per heavy atom. The number of rotatable bonds is 7. The van der Waals surface area contributed by atoms with Gasteiger partial charge in [-0.1, -0.05) is 13.8 Å². The summed E-state index contributed by atoms with van der Waals surface area (Å²) in [4.78, 5) is 18.7. The van der Waals surface area contributed by atoms with Crippen molar-refractivity contribution in [3.05, 3.63) is 11.9 Å². The minimum Gasteiger partial charge on any atom is -0.356 e. The molecule has 1 aromatic rings. The van der Waals surface area contributed by atoms with Gasteiger partial charge in [-0.15, -0.1) is 0 Å². The molecular formula is C14H25N5O. The van der Waals surface area contributed by atoms with Crippen molar-refractivity contribution in [3.63, 3.8) is 0 Å². The lowest BCUT2D eigenvalue weighted by atomic mass is 10.3. The van der Waals surface area contributed by atoms with Crippen LogP contribution in [0.25, 0.3) is 0 Å². The third-order valence-electron chi connectivity index (χ3n) is 3.70. The van der Waals surface area contributed by atoms with Crippen molar-refractivity contribution < 1.29 is 4.79 Å². The van der Waals surface area contributed by atoms with Gasteiger partial charge >= 0.3 is 0 Å². The smallest absolute Gasteiger partial charge is 0.271 e. The number of carbonyl (C=O) groups excluding carboxylic acids is 1. The molecule has 112 valence electrons. The monoisotopic (exact) mass is 279 g/mol. The molecule has 0 aliphatic carbocycles. The van der Waals surface area contributed by atoms with Crippen LogP contribution in [0.15, 0.2) is 6.20 Å². The average Bonchev–Trinajstić information content (AvgIpc) is 2.91. The van der Waals surface area contributed by atoms with Gasteiger partial charge in [0.05, 0.1) is 0 Å². The van der Waals surface area contributed by atoms with Crippen molar-refractivity contribution >= 4 is 11.9 Å². The van der Waals surface area contributed by atoms with Gasteiger partial charge in [-0.25, -0.2) is 4.98 Å². The summed E-state index contributed by atoms with van der Waals surface area (Å²) < 4.78 is 2.01. The molecule has 1 aromatic heterocycles. The second-order valence-electron chi connectivity index (χ2n) is 5.06. The molecule has 1 aliphatic heterocycles. The highest BCUT2D eigenvalue weighted by atomic mass is 16.1. The fourth-order valence-electron chi connectivity index (χ4n) is 2.42. The lowest BCUT2D eigenvalue weighted by molar-refractivity contribution is 0.0947. The molecule has 0 fully saturated rings. The lowest BCUT2D eigenvalue weighted by Gasteiger charge is -2.17. The number of anilines is 1. The van der Waals surface area contributed by atoms with E-state index >= 15 is 0 Å². The lowest BCUT2D eigenvalue weighted by Crippen LogP contribution is -2.30. The SMILES string of the molecule is CCN(CC)CCCNC(=O)c1cn2c(n1)NCCC2. The van der Waals surface area contributed by atoms with E-state index < -0.39 is 0 Å². The van der Waals surface area contributed by atoms with E-state index in [1.165, 1.54) is 0 Å². The van der Waals surface area contributed by atoms with Gasteiger partial charge < -0.3 is 20.1 Å². The molecule has 0 radical (unpaired) electrons. The largest absolute Gasteiger partial charge is 0.356 e. The van der Waals surface area contributed by atoms with Crippen LogP contribution < -0.4 is 10.6 Å². The first kappa shape index (κ1) is 14.8. The Morgan fingerprint density at radius 1 is 1.50 bits per heavy atom. The van der Waals surface area contributed by atoms with Crippen LogP contribution in [0.3, 0.4) is 0 Å². The number of fused-ring (bicyclic) bond motifs is 1. The van der Waals surface area contributed by atoms with E-state index in [4.69, 9.17) is 0 Å². The summed E-state index contributed by atoms with van der Waals surface area (Å²) in [6, 6.07) is 0. The van der Waals surface area contributed by atoms with E-state index in [1.807, 2.05) is 10.8 Å². The first-order chi connectivity index (χ1) is 9.74. The van der Waals surface area contributed by atoms with Crippen molar-refractivity contribution in [3.8, 4) is 0 Å². The quantitative estimate of drug-likeness (QED) is 0.735. The predicted molar refractivity (Wildman–Crippen MR) is 80.1 cm³/mol. The number of carbonyl (C=O) groups is 1. The molecule has 2 heterocycles. The summed E-state index contributed by atoms with van der Waals surface area (Å²) in [6.45, 7) is 10.0. The van der Waals surface area contributed by atoms with Gasteiger partial charge in [0.1, 0.15) is 5.69 Å². The van der Waals surface area contributed by atoms with Crippen LogP contribution in [0.1, 0.15) is 37.2 Å². The highest BCUT2D eigenvalue weighted by molar-refractivity contribution is 5.92. The van der Waals surface area contributed by atoms with Crippen LogP contribution in [-0.4, -0.2) is 53.1 Å². The summed E-state index contributed by atoms with van der Waals surface area (Å²) >= 11 is 0. The van der Waals surface area contributed by atoms with Gasteiger partial charge in [0.2, 0.25) is 5.95 Å². The van der Waals surface area contributed by atoms with Crippen molar-refractivity contribution in [1.29, 1.82) is 0 Å². The number of aromatic nitrogens is 2. The van der Waals surface area contributed by atoms with Crippen molar-refractivity contribution in [2.45, 2.75) is 33.2 Å². The van der Waals surface area contributed by atoms with E-state index in [0.717, 1.165) is 51.5 Å². The third-order valence-corrected chi connectivity index (χ3v) is 3.70. The molecule has 0 bridgehead atoms. The Bertz CT molecular complexity index is 415. The number of nitrogens with zero attached hydrogens (tertiary/aromatic N) is 3. The van der Waals surface area contributed by atoms with Gasteiger partial charge in [-0.3, -0.25) is 4.79 Å². The highest BCUT2D eigenvalue weighted by Gasteiger charge is 2.15. The van der Waals surface area contributed by atoms with Gasteiger partial charge in [0.15, 0.2) is 0 Å². The summed E-state index contributed by atoms with van der Waals surface area (Å²) in [5.74, 6) is 0.734. The Morgan fingerprint density at radius 2 is 2.30 bits per heavy atom. The summed E-state index contributed by atoms with van der Waals surface area (Å²) in [5, 5.41) is 6.14. The van der Waals surface area contributed by atoms with Gasteiger partial charge in [0.25, 0.3) is 5.91 Å². The van der Waals surface area contributed by atoms with Crippen LogP contribution in [-0.2, 0) is 6.54 Å².